The lowest BCUT2D eigenvalue weighted by Crippen LogP contribution is -2.34. The summed E-state index contributed by atoms with van der Waals surface area (Å²) in [6.45, 7) is 1.88. The number of benzene rings is 4. The number of carbonyl (C=O) groups is 1. The number of sulfonamides is 1. The van der Waals surface area contributed by atoms with Gasteiger partial charge in [0.25, 0.3) is 15.9 Å². The summed E-state index contributed by atoms with van der Waals surface area (Å²) in [5.41, 5.74) is 2.06. The van der Waals surface area contributed by atoms with Gasteiger partial charge in [-0.05, 0) is 66.6 Å². The largest absolute Gasteiger partial charge is 0.497 e. The number of hydrogen-bond acceptors (Lipinski definition) is 6. The molecule has 8 nitrogen and oxygen atoms in total. The average molecular weight is 561 g/mol. The first-order chi connectivity index (χ1) is 19.3. The molecule has 0 heterocycles. The quantitative estimate of drug-likeness (QED) is 0.257. The Hall–Kier alpha value is -4.50. The molecule has 0 unspecified atom stereocenters. The Morgan fingerprint density at radius 1 is 0.800 bits per heavy atom. The molecule has 4 aromatic rings. The molecule has 4 rings (SSSR count). The summed E-state index contributed by atoms with van der Waals surface area (Å²) in [6, 6.07) is 27.1. The fraction of sp³-hybridized carbons (Fsp3) is 0.194. The van der Waals surface area contributed by atoms with Gasteiger partial charge in [-0.2, -0.15) is 0 Å². The van der Waals surface area contributed by atoms with Crippen LogP contribution in [0, 0.1) is 0 Å². The second-order valence-electron chi connectivity index (χ2n) is 9.00. The molecule has 0 aliphatic heterocycles. The van der Waals surface area contributed by atoms with E-state index >= 15 is 0 Å². The van der Waals surface area contributed by atoms with Gasteiger partial charge in [0.1, 0.15) is 5.75 Å². The summed E-state index contributed by atoms with van der Waals surface area (Å²) in [5, 5.41) is 2.99. The Kier molecular flexibility index (Phi) is 8.96. The van der Waals surface area contributed by atoms with E-state index in [0.717, 1.165) is 11.1 Å². The summed E-state index contributed by atoms with van der Waals surface area (Å²) >= 11 is 0. The minimum absolute atomic E-state index is 0.0325. The molecule has 40 heavy (non-hydrogen) atoms. The van der Waals surface area contributed by atoms with Crippen molar-refractivity contribution in [3.8, 4) is 17.2 Å². The zero-order valence-electron chi connectivity index (χ0n) is 22.8. The Labute approximate surface area is 235 Å². The smallest absolute Gasteiger partial charge is 0.264 e. The second kappa shape index (κ2) is 12.6. The maximum Gasteiger partial charge on any atom is 0.264 e. The summed E-state index contributed by atoms with van der Waals surface area (Å²) in [6.07, 6.45) is 0. The van der Waals surface area contributed by atoms with Crippen LogP contribution in [0.3, 0.4) is 0 Å². The minimum Gasteiger partial charge on any atom is -0.497 e. The molecule has 0 aromatic heterocycles. The van der Waals surface area contributed by atoms with Crippen molar-refractivity contribution in [3.05, 3.63) is 114 Å². The van der Waals surface area contributed by atoms with Gasteiger partial charge >= 0.3 is 0 Å². The van der Waals surface area contributed by atoms with Crippen molar-refractivity contribution >= 4 is 21.6 Å². The van der Waals surface area contributed by atoms with Crippen molar-refractivity contribution in [1.29, 1.82) is 0 Å². The van der Waals surface area contributed by atoms with Gasteiger partial charge in [0.15, 0.2) is 11.5 Å². The first-order valence-corrected chi connectivity index (χ1v) is 14.0. The Morgan fingerprint density at radius 3 is 2.10 bits per heavy atom. The summed E-state index contributed by atoms with van der Waals surface area (Å²) in [5.74, 6) is 1.25. The first kappa shape index (κ1) is 28.5. The molecule has 1 amide bonds. The van der Waals surface area contributed by atoms with E-state index in [2.05, 4.69) is 5.32 Å². The SMILES string of the molecule is COc1ccc(S(=O)(=O)N(Cc2ccccc2)c2ccccc2C(=O)N[C@H](C)c2ccc(OC)c(OC)c2)cc1. The molecule has 1 N–H and O–H groups in total. The van der Waals surface area contributed by atoms with Crippen LogP contribution >= 0.6 is 0 Å². The van der Waals surface area contributed by atoms with Crippen LogP contribution in [0.5, 0.6) is 17.2 Å². The van der Waals surface area contributed by atoms with Gasteiger partial charge in [0.2, 0.25) is 0 Å². The molecular formula is C31H32N2O6S. The Morgan fingerprint density at radius 2 is 1.45 bits per heavy atom. The van der Waals surface area contributed by atoms with Gasteiger partial charge < -0.3 is 19.5 Å². The number of methoxy groups -OCH3 is 3. The fourth-order valence-corrected chi connectivity index (χ4v) is 5.76. The highest BCUT2D eigenvalue weighted by Gasteiger charge is 2.29. The standard InChI is InChI=1S/C31H32N2O6S/c1-22(24-14-19-29(38-3)30(20-24)39-4)32-31(34)27-12-8-9-13-28(27)33(21-23-10-6-5-7-11-23)40(35,36)26-17-15-25(37-2)16-18-26/h5-20,22H,21H2,1-4H3,(H,32,34)/t22-/m1/s1. The molecule has 0 fully saturated rings. The van der Waals surface area contributed by atoms with Gasteiger partial charge in [-0.15, -0.1) is 0 Å². The van der Waals surface area contributed by atoms with E-state index in [1.807, 2.05) is 43.3 Å². The van der Waals surface area contributed by atoms with Crippen LogP contribution in [0.25, 0.3) is 0 Å². The summed E-state index contributed by atoms with van der Waals surface area (Å²) < 4.78 is 45.2. The molecule has 0 saturated carbocycles. The third-order valence-electron chi connectivity index (χ3n) is 6.49. The normalized spacial score (nSPS) is 11.8. The molecule has 0 aliphatic rings. The Bertz CT molecular complexity index is 1560. The third kappa shape index (κ3) is 6.21. The van der Waals surface area contributed by atoms with Crippen LogP contribution in [-0.2, 0) is 16.6 Å². The van der Waals surface area contributed by atoms with Crippen LogP contribution in [0.15, 0.2) is 102 Å². The lowest BCUT2D eigenvalue weighted by atomic mass is 10.1. The molecule has 208 valence electrons. The highest BCUT2D eigenvalue weighted by atomic mass is 32.2. The number of para-hydroxylation sites is 1. The predicted molar refractivity (Wildman–Crippen MR) is 155 cm³/mol. The third-order valence-corrected chi connectivity index (χ3v) is 8.26. The molecule has 0 aliphatic carbocycles. The average Bonchev–Trinajstić information content (AvgIpc) is 2.99. The van der Waals surface area contributed by atoms with Crippen LogP contribution in [0.4, 0.5) is 5.69 Å². The van der Waals surface area contributed by atoms with E-state index < -0.39 is 22.0 Å². The topological polar surface area (TPSA) is 94.2 Å². The van der Waals surface area contributed by atoms with Gasteiger partial charge in [0.05, 0.1) is 50.1 Å². The van der Waals surface area contributed by atoms with Gasteiger partial charge in [-0.3, -0.25) is 9.10 Å². The summed E-state index contributed by atoms with van der Waals surface area (Å²) in [4.78, 5) is 13.7. The van der Waals surface area contributed by atoms with E-state index in [1.165, 1.54) is 23.5 Å². The van der Waals surface area contributed by atoms with Gasteiger partial charge in [0, 0.05) is 0 Å². The van der Waals surface area contributed by atoms with E-state index in [-0.39, 0.29) is 22.7 Å². The minimum atomic E-state index is -4.06. The maximum atomic E-state index is 14.0. The predicted octanol–water partition coefficient (Wildman–Crippen LogP) is 5.60. The summed E-state index contributed by atoms with van der Waals surface area (Å²) in [7, 11) is 0.557. The van der Waals surface area contributed by atoms with E-state index in [1.54, 1.807) is 62.8 Å². The van der Waals surface area contributed by atoms with Crippen molar-refractivity contribution in [2.75, 3.05) is 25.6 Å². The number of rotatable bonds is 11. The fourth-order valence-electron chi connectivity index (χ4n) is 4.29. The maximum absolute atomic E-state index is 14.0. The Balaban J connectivity index is 1.72. The van der Waals surface area contributed by atoms with Crippen LogP contribution in [-0.4, -0.2) is 35.7 Å². The number of nitrogens with zero attached hydrogens (tertiary/aromatic N) is 1. The number of hydrogen-bond donors (Lipinski definition) is 1. The van der Waals surface area contributed by atoms with Crippen LogP contribution in [0.2, 0.25) is 0 Å². The van der Waals surface area contributed by atoms with Crippen LogP contribution in [0.1, 0.15) is 34.5 Å². The number of nitrogens with one attached hydrogen (secondary N) is 1. The van der Waals surface area contributed by atoms with Gasteiger partial charge in [-0.25, -0.2) is 8.42 Å². The molecule has 0 saturated heterocycles. The number of carbonyl (C=O) groups excluding carboxylic acids is 1. The van der Waals surface area contributed by atoms with E-state index in [0.29, 0.717) is 17.2 Å². The zero-order valence-corrected chi connectivity index (χ0v) is 23.6. The van der Waals surface area contributed by atoms with E-state index in [4.69, 9.17) is 14.2 Å². The van der Waals surface area contributed by atoms with E-state index in [9.17, 15) is 13.2 Å². The highest BCUT2D eigenvalue weighted by molar-refractivity contribution is 7.92. The van der Waals surface area contributed by atoms with Crippen LogP contribution < -0.4 is 23.8 Å². The van der Waals surface area contributed by atoms with Crippen molar-refractivity contribution in [3.63, 3.8) is 0 Å². The molecule has 0 bridgehead atoms. The van der Waals surface area contributed by atoms with Crippen molar-refractivity contribution in [2.24, 2.45) is 0 Å². The highest BCUT2D eigenvalue weighted by Crippen LogP contribution is 2.32. The number of amides is 1. The van der Waals surface area contributed by atoms with Gasteiger partial charge in [-0.1, -0.05) is 48.5 Å². The monoisotopic (exact) mass is 560 g/mol. The zero-order chi connectivity index (χ0) is 28.7. The molecule has 1 atom stereocenters. The number of ether oxygens (including phenoxy) is 3. The molecule has 4 aromatic carbocycles. The lowest BCUT2D eigenvalue weighted by Gasteiger charge is -2.27. The van der Waals surface area contributed by atoms with Crippen molar-refractivity contribution in [2.45, 2.75) is 24.4 Å². The molecule has 0 spiro atoms. The second-order valence-corrected chi connectivity index (χ2v) is 10.9. The molecule has 9 heteroatoms. The lowest BCUT2D eigenvalue weighted by molar-refractivity contribution is 0.0940. The van der Waals surface area contributed by atoms with Crippen molar-refractivity contribution in [1.82, 2.24) is 5.32 Å². The first-order valence-electron chi connectivity index (χ1n) is 12.6. The number of anilines is 1. The molecule has 0 radical (unpaired) electrons. The van der Waals surface area contributed by atoms with Crippen molar-refractivity contribution < 1.29 is 27.4 Å². The molecular weight excluding hydrogens is 528 g/mol.